The minimum atomic E-state index is -0.591. The van der Waals surface area contributed by atoms with Crippen molar-refractivity contribution in [1.29, 1.82) is 0 Å². The third-order valence-corrected chi connectivity index (χ3v) is 7.48. The van der Waals surface area contributed by atoms with Crippen LogP contribution >= 0.6 is 0 Å². The second kappa shape index (κ2) is 13.7. The fraction of sp³-hybridized carbons (Fsp3) is 0.679. The van der Waals surface area contributed by atoms with E-state index in [1.807, 2.05) is 34.0 Å². The Bertz CT molecular complexity index is 922. The van der Waals surface area contributed by atoms with Gasteiger partial charge in [0.15, 0.2) is 6.29 Å². The van der Waals surface area contributed by atoms with Gasteiger partial charge in [0, 0.05) is 62.8 Å². The Morgan fingerprint density at radius 3 is 2.24 bits per heavy atom. The lowest BCUT2D eigenvalue weighted by Crippen LogP contribution is -2.61. The van der Waals surface area contributed by atoms with Crippen molar-refractivity contribution in [3.63, 3.8) is 0 Å². The molecule has 1 aliphatic carbocycles. The molecular formula is C28H44N4O6. The molecule has 0 bridgehead atoms. The Hall–Kier alpha value is -3.01. The quantitative estimate of drug-likeness (QED) is 0.231. The van der Waals surface area contributed by atoms with Gasteiger partial charge in [-0.3, -0.25) is 19.3 Å². The highest BCUT2D eigenvalue weighted by Gasteiger charge is 2.48. The average molecular weight is 533 g/mol. The summed E-state index contributed by atoms with van der Waals surface area (Å²) in [4.78, 5) is 64.5. The van der Waals surface area contributed by atoms with Crippen LogP contribution in [0.4, 0.5) is 4.79 Å². The second-order valence-corrected chi connectivity index (χ2v) is 11.6. The molecule has 2 amide bonds. The van der Waals surface area contributed by atoms with Crippen LogP contribution in [-0.2, 0) is 23.9 Å². The van der Waals surface area contributed by atoms with E-state index in [1.165, 1.54) is 7.05 Å². The Morgan fingerprint density at radius 1 is 1.11 bits per heavy atom. The molecule has 1 atom stereocenters. The summed E-state index contributed by atoms with van der Waals surface area (Å²) in [5, 5.41) is 2.58. The van der Waals surface area contributed by atoms with Crippen LogP contribution in [0.15, 0.2) is 23.4 Å². The lowest BCUT2D eigenvalue weighted by Gasteiger charge is -2.53. The molecule has 1 aliphatic heterocycles. The number of aldehydes is 3. The van der Waals surface area contributed by atoms with Crippen molar-refractivity contribution in [3.8, 4) is 0 Å². The number of carbonyl (C=O) groups is 5. The van der Waals surface area contributed by atoms with Crippen molar-refractivity contribution < 1.29 is 28.7 Å². The molecule has 1 unspecified atom stereocenters. The summed E-state index contributed by atoms with van der Waals surface area (Å²) < 4.78 is 5.48. The molecule has 2 aliphatic rings. The van der Waals surface area contributed by atoms with E-state index in [0.29, 0.717) is 25.0 Å². The van der Waals surface area contributed by atoms with Gasteiger partial charge in [0.25, 0.3) is 0 Å². The molecule has 1 N–H and O–H groups in total. The molecule has 10 nitrogen and oxygen atoms in total. The summed E-state index contributed by atoms with van der Waals surface area (Å²) >= 11 is 0. The lowest BCUT2D eigenvalue weighted by molar-refractivity contribution is -0.125. The molecule has 0 aromatic carbocycles. The van der Waals surface area contributed by atoms with E-state index in [2.05, 4.69) is 10.2 Å². The van der Waals surface area contributed by atoms with Gasteiger partial charge in [-0.25, -0.2) is 4.79 Å². The predicted octanol–water partition coefficient (Wildman–Crippen LogP) is 2.33. The number of nitrogens with zero attached hydrogens (tertiary/aromatic N) is 3. The fourth-order valence-electron chi connectivity index (χ4n) is 5.22. The molecule has 2 fully saturated rings. The number of likely N-dealkylation sites (tertiary alicyclic amines) is 1. The number of nitrogens with one attached hydrogen (secondary N) is 1. The number of ether oxygens (including phenoxy) is 1. The molecule has 1 spiro atoms. The number of carbonyl (C=O) groups excluding carboxylic acids is 5. The molecule has 2 rings (SSSR count). The molecule has 1 heterocycles. The van der Waals surface area contributed by atoms with Crippen LogP contribution in [0.2, 0.25) is 0 Å². The maximum atomic E-state index is 12.3. The monoisotopic (exact) mass is 532 g/mol. The number of likely N-dealkylation sites (N-methyl/N-ethyl adjacent to an activating group) is 2. The Balaban J connectivity index is 1.96. The smallest absolute Gasteiger partial charge is 0.410 e. The van der Waals surface area contributed by atoms with Gasteiger partial charge in [0.2, 0.25) is 5.91 Å². The third-order valence-electron chi connectivity index (χ3n) is 7.48. The van der Waals surface area contributed by atoms with Crippen molar-refractivity contribution >= 4 is 30.9 Å². The molecule has 0 aromatic heterocycles. The first-order valence-corrected chi connectivity index (χ1v) is 13.3. The predicted molar refractivity (Wildman–Crippen MR) is 144 cm³/mol. The molecule has 10 heteroatoms. The van der Waals surface area contributed by atoms with E-state index in [0.717, 1.165) is 45.1 Å². The topological polar surface area (TPSA) is 116 Å². The first kappa shape index (κ1) is 31.2. The summed E-state index contributed by atoms with van der Waals surface area (Å²) in [6.07, 6.45) is 9.76. The second-order valence-electron chi connectivity index (χ2n) is 11.6. The van der Waals surface area contributed by atoms with Crippen LogP contribution in [0, 0.1) is 5.41 Å². The fourth-order valence-corrected chi connectivity index (χ4v) is 5.22. The van der Waals surface area contributed by atoms with Crippen molar-refractivity contribution in [2.75, 3.05) is 40.8 Å². The maximum absolute atomic E-state index is 12.3. The number of amides is 2. The number of rotatable bonds is 12. The normalized spacial score (nSPS) is 19.0. The zero-order valence-corrected chi connectivity index (χ0v) is 23.7. The van der Waals surface area contributed by atoms with Gasteiger partial charge < -0.3 is 24.6 Å². The maximum Gasteiger partial charge on any atom is 0.410 e. The van der Waals surface area contributed by atoms with E-state index in [9.17, 15) is 24.0 Å². The van der Waals surface area contributed by atoms with E-state index in [4.69, 9.17) is 4.74 Å². The van der Waals surface area contributed by atoms with E-state index < -0.39 is 11.6 Å². The van der Waals surface area contributed by atoms with Gasteiger partial charge in [-0.2, -0.15) is 0 Å². The molecule has 1 saturated heterocycles. The van der Waals surface area contributed by atoms with Gasteiger partial charge in [-0.15, -0.1) is 0 Å². The Morgan fingerprint density at radius 2 is 1.74 bits per heavy atom. The summed E-state index contributed by atoms with van der Waals surface area (Å²) in [5.74, 6) is -0.252. The standard InChI is InChI=1S/C28H44N4O6/c1-27(2,3)38-26(37)32-19-28(20-32)12-9-23(10-13-28)30(5)14-11-21(17-34)22(18-35)16-31(6)24(8-7-15-33)25(36)29-4/h11,14-15,17-18,23-24H,7-10,12-13,16,19-20H2,1-6H3,(H,29,36)/b14-11-,22-21+. The SMILES string of the molecule is CNC(=O)C(CCC=O)N(C)C/C(C=O)=C(C=O)/C=C\N(C)C1CCC2(CC1)CN(C(=O)OC(C)(C)C)C2. The highest BCUT2D eigenvalue weighted by atomic mass is 16.6. The average Bonchev–Trinajstić information content (AvgIpc) is 2.85. The molecule has 0 radical (unpaired) electrons. The molecule has 38 heavy (non-hydrogen) atoms. The van der Waals surface area contributed by atoms with Crippen LogP contribution in [-0.4, -0.2) is 104 Å². The van der Waals surface area contributed by atoms with E-state index >= 15 is 0 Å². The van der Waals surface area contributed by atoms with Crippen molar-refractivity contribution in [3.05, 3.63) is 23.4 Å². The summed E-state index contributed by atoms with van der Waals surface area (Å²) in [6.45, 7) is 7.16. The van der Waals surface area contributed by atoms with Crippen molar-refractivity contribution in [2.45, 2.75) is 77.0 Å². The van der Waals surface area contributed by atoms with E-state index in [1.54, 1.807) is 22.9 Å². The molecule has 0 aromatic rings. The van der Waals surface area contributed by atoms with Crippen LogP contribution in [0.25, 0.3) is 0 Å². The van der Waals surface area contributed by atoms with Crippen LogP contribution < -0.4 is 5.32 Å². The molecular weight excluding hydrogens is 488 g/mol. The van der Waals surface area contributed by atoms with Crippen LogP contribution in [0.3, 0.4) is 0 Å². The van der Waals surface area contributed by atoms with Gasteiger partial charge in [0.1, 0.15) is 18.2 Å². The first-order valence-electron chi connectivity index (χ1n) is 13.3. The summed E-state index contributed by atoms with van der Waals surface area (Å²) in [5.41, 5.74) is 0.185. The summed E-state index contributed by atoms with van der Waals surface area (Å²) in [7, 11) is 5.17. The van der Waals surface area contributed by atoms with Crippen LogP contribution in [0.1, 0.15) is 59.3 Å². The zero-order chi connectivity index (χ0) is 28.5. The highest BCUT2D eigenvalue weighted by molar-refractivity contribution is 5.90. The third kappa shape index (κ3) is 8.51. The van der Waals surface area contributed by atoms with E-state index in [-0.39, 0.29) is 41.5 Å². The highest BCUT2D eigenvalue weighted by Crippen LogP contribution is 2.45. The first-order chi connectivity index (χ1) is 17.9. The minimum Gasteiger partial charge on any atom is -0.444 e. The lowest BCUT2D eigenvalue weighted by atomic mass is 9.67. The van der Waals surface area contributed by atoms with Gasteiger partial charge in [-0.05, 0) is 72.2 Å². The minimum absolute atomic E-state index is 0.0999. The van der Waals surface area contributed by atoms with Crippen LogP contribution in [0.5, 0.6) is 0 Å². The van der Waals surface area contributed by atoms with Crippen molar-refractivity contribution in [1.82, 2.24) is 20.0 Å². The summed E-state index contributed by atoms with van der Waals surface area (Å²) in [6, 6.07) is -0.296. The number of allylic oxidation sites excluding steroid dienone is 2. The molecule has 212 valence electrons. The largest absolute Gasteiger partial charge is 0.444 e. The van der Waals surface area contributed by atoms with Gasteiger partial charge in [0.05, 0.1) is 6.04 Å². The van der Waals surface area contributed by atoms with Crippen molar-refractivity contribution in [2.24, 2.45) is 5.41 Å². The molecule has 1 saturated carbocycles. The van der Waals surface area contributed by atoms with Gasteiger partial charge in [-0.1, -0.05) is 0 Å². The van der Waals surface area contributed by atoms with Gasteiger partial charge >= 0.3 is 6.09 Å². The zero-order valence-electron chi connectivity index (χ0n) is 23.7. The Kier molecular flexibility index (Phi) is 11.2. The number of hydrogen-bond acceptors (Lipinski definition) is 8. The number of hydrogen-bond donors (Lipinski definition) is 1. The Labute approximate surface area is 226 Å².